The van der Waals surface area contributed by atoms with Gasteiger partial charge in [-0.2, -0.15) is 0 Å². The van der Waals surface area contributed by atoms with E-state index in [1.807, 2.05) is 12.1 Å². The van der Waals surface area contributed by atoms with E-state index in [1.54, 1.807) is 0 Å². The summed E-state index contributed by atoms with van der Waals surface area (Å²) in [5.74, 6) is 0. The molecule has 66 heavy (non-hydrogen) atoms. The zero-order valence-electron chi connectivity index (χ0n) is 36.9. The molecule has 0 aliphatic heterocycles. The molecule has 10 aromatic carbocycles. The van der Waals surface area contributed by atoms with Gasteiger partial charge in [0.25, 0.3) is 0 Å². The standard InChI is InChI=1S/C64H45NO/c1-64(2)60-39-46(41-13-5-3-6-14-41)24-31-56(60)57-33-29-51(40-61(57)64)65(49-26-21-43(22-27-49)53-18-10-9-17-52(53)42-15-7-4-8-16-42)50-28-32-55-48(37-50)36-47-35-44(23-30-54(47)55)45-25-34-63-59(38-45)58-19-11-12-20-62(58)66-63/h3-35,37-40H,36H2,1-2H3. The van der Waals surface area contributed by atoms with Crippen LogP contribution in [0, 0.1) is 0 Å². The van der Waals surface area contributed by atoms with Crippen molar-refractivity contribution < 1.29 is 4.42 Å². The largest absolute Gasteiger partial charge is 0.456 e. The number of furan rings is 1. The third-order valence-electron chi connectivity index (χ3n) is 14.3. The number of hydrogen-bond acceptors (Lipinski definition) is 2. The number of hydrogen-bond donors (Lipinski definition) is 0. The van der Waals surface area contributed by atoms with Crippen LogP contribution in [-0.2, 0) is 11.8 Å². The lowest BCUT2D eigenvalue weighted by Crippen LogP contribution is -2.16. The summed E-state index contributed by atoms with van der Waals surface area (Å²) in [6, 6.07) is 82.5. The Bertz CT molecular complexity index is 3690. The Morgan fingerprint density at radius 3 is 1.56 bits per heavy atom. The first-order valence-corrected chi connectivity index (χ1v) is 23.0. The smallest absolute Gasteiger partial charge is 0.135 e. The second-order valence-corrected chi connectivity index (χ2v) is 18.5. The van der Waals surface area contributed by atoms with Gasteiger partial charge < -0.3 is 9.32 Å². The molecule has 0 spiro atoms. The maximum Gasteiger partial charge on any atom is 0.135 e. The molecule has 2 aliphatic carbocycles. The molecule has 0 N–H and O–H groups in total. The van der Waals surface area contributed by atoms with E-state index < -0.39 is 0 Å². The van der Waals surface area contributed by atoms with Crippen LogP contribution in [0.2, 0.25) is 0 Å². The third kappa shape index (κ3) is 6.17. The Balaban J connectivity index is 0.892. The van der Waals surface area contributed by atoms with Crippen molar-refractivity contribution in [2.45, 2.75) is 25.7 Å². The molecular formula is C64H45NO. The summed E-state index contributed by atoms with van der Waals surface area (Å²) in [5.41, 5.74) is 25.5. The minimum Gasteiger partial charge on any atom is -0.456 e. The van der Waals surface area contributed by atoms with E-state index in [0.29, 0.717) is 0 Å². The quantitative estimate of drug-likeness (QED) is 0.159. The molecule has 0 amide bonds. The highest BCUT2D eigenvalue weighted by atomic mass is 16.3. The van der Waals surface area contributed by atoms with Crippen molar-refractivity contribution in [2.75, 3.05) is 4.90 Å². The van der Waals surface area contributed by atoms with Crippen LogP contribution in [0.1, 0.15) is 36.1 Å². The molecule has 2 heteroatoms. The Morgan fingerprint density at radius 1 is 0.333 bits per heavy atom. The van der Waals surface area contributed by atoms with Crippen molar-refractivity contribution in [3.05, 3.63) is 247 Å². The average Bonchev–Trinajstić information content (AvgIpc) is 4.01. The zero-order valence-corrected chi connectivity index (χ0v) is 36.9. The second kappa shape index (κ2) is 14.9. The number of nitrogens with zero attached hydrogens (tertiary/aromatic N) is 1. The first-order valence-electron chi connectivity index (χ1n) is 23.0. The average molecular weight is 844 g/mol. The minimum atomic E-state index is -0.186. The molecule has 2 nitrogen and oxygen atoms in total. The lowest BCUT2D eigenvalue weighted by atomic mass is 9.81. The van der Waals surface area contributed by atoms with Gasteiger partial charge in [-0.15, -0.1) is 0 Å². The van der Waals surface area contributed by atoms with Gasteiger partial charge in [0.2, 0.25) is 0 Å². The second-order valence-electron chi connectivity index (χ2n) is 18.5. The van der Waals surface area contributed by atoms with E-state index in [1.165, 1.54) is 89.0 Å². The molecular weight excluding hydrogens is 799 g/mol. The van der Waals surface area contributed by atoms with Gasteiger partial charge in [0.05, 0.1) is 0 Å². The SMILES string of the molecule is CC1(C)c2cc(-c3ccccc3)ccc2-c2ccc(N(c3ccc(-c4ccccc4-c4ccccc4)cc3)c3ccc4c(c3)Cc3cc(-c5ccc6oc7ccccc7c6c5)ccc3-4)cc21. The molecule has 312 valence electrons. The Morgan fingerprint density at radius 2 is 0.818 bits per heavy atom. The summed E-state index contributed by atoms with van der Waals surface area (Å²) in [7, 11) is 0. The third-order valence-corrected chi connectivity index (χ3v) is 14.3. The zero-order chi connectivity index (χ0) is 43.9. The van der Waals surface area contributed by atoms with Crippen LogP contribution in [0.3, 0.4) is 0 Å². The van der Waals surface area contributed by atoms with Crippen LogP contribution in [0.25, 0.3) is 88.7 Å². The van der Waals surface area contributed by atoms with Gasteiger partial charge in [0.15, 0.2) is 0 Å². The minimum absolute atomic E-state index is 0.186. The van der Waals surface area contributed by atoms with Crippen LogP contribution in [-0.4, -0.2) is 0 Å². The number of para-hydroxylation sites is 1. The highest BCUT2D eigenvalue weighted by Gasteiger charge is 2.36. The van der Waals surface area contributed by atoms with Crippen LogP contribution in [0.4, 0.5) is 17.1 Å². The molecule has 1 aromatic heterocycles. The van der Waals surface area contributed by atoms with Gasteiger partial charge in [-0.25, -0.2) is 0 Å². The molecule has 0 unspecified atom stereocenters. The summed E-state index contributed by atoms with van der Waals surface area (Å²) >= 11 is 0. The number of rotatable bonds is 7. The molecule has 0 bridgehead atoms. The molecule has 0 radical (unpaired) electrons. The highest BCUT2D eigenvalue weighted by molar-refractivity contribution is 6.06. The summed E-state index contributed by atoms with van der Waals surface area (Å²) in [4.78, 5) is 2.46. The molecule has 0 saturated carbocycles. The Labute approximate surface area is 385 Å². The van der Waals surface area contributed by atoms with Gasteiger partial charge in [-0.1, -0.05) is 178 Å². The van der Waals surface area contributed by atoms with Crippen molar-refractivity contribution in [1.82, 2.24) is 0 Å². The lowest BCUT2D eigenvalue weighted by molar-refractivity contribution is 0.660. The fraction of sp³-hybridized carbons (Fsp3) is 0.0625. The molecule has 1 heterocycles. The predicted molar refractivity (Wildman–Crippen MR) is 276 cm³/mol. The van der Waals surface area contributed by atoms with E-state index in [2.05, 4.69) is 231 Å². The van der Waals surface area contributed by atoms with E-state index in [9.17, 15) is 0 Å². The van der Waals surface area contributed by atoms with Crippen LogP contribution < -0.4 is 4.90 Å². The molecule has 13 rings (SSSR count). The summed E-state index contributed by atoms with van der Waals surface area (Å²) in [5, 5.41) is 2.31. The van der Waals surface area contributed by atoms with Crippen molar-refractivity contribution >= 4 is 39.0 Å². The predicted octanol–water partition coefficient (Wildman–Crippen LogP) is 17.6. The molecule has 11 aromatic rings. The fourth-order valence-electron chi connectivity index (χ4n) is 10.9. The van der Waals surface area contributed by atoms with Gasteiger partial charge in [-0.05, 0) is 156 Å². The number of benzene rings is 10. The lowest BCUT2D eigenvalue weighted by Gasteiger charge is -2.29. The van der Waals surface area contributed by atoms with Crippen LogP contribution >= 0.6 is 0 Å². The normalized spacial score (nSPS) is 13.1. The van der Waals surface area contributed by atoms with Crippen molar-refractivity contribution in [3.8, 4) is 66.8 Å². The van der Waals surface area contributed by atoms with Crippen molar-refractivity contribution in [2.24, 2.45) is 0 Å². The van der Waals surface area contributed by atoms with E-state index in [-0.39, 0.29) is 5.41 Å². The highest BCUT2D eigenvalue weighted by Crippen LogP contribution is 2.52. The van der Waals surface area contributed by atoms with Crippen LogP contribution in [0.5, 0.6) is 0 Å². The summed E-state index contributed by atoms with van der Waals surface area (Å²) in [6.45, 7) is 4.77. The maximum atomic E-state index is 6.16. The van der Waals surface area contributed by atoms with E-state index in [0.717, 1.165) is 45.4 Å². The summed E-state index contributed by atoms with van der Waals surface area (Å²) in [6.07, 6.45) is 0.878. The number of fused-ring (bicyclic) bond motifs is 9. The molecule has 0 saturated heterocycles. The maximum absolute atomic E-state index is 6.16. The topological polar surface area (TPSA) is 16.4 Å². The number of anilines is 3. The van der Waals surface area contributed by atoms with Gasteiger partial charge in [0.1, 0.15) is 11.2 Å². The van der Waals surface area contributed by atoms with E-state index >= 15 is 0 Å². The van der Waals surface area contributed by atoms with E-state index in [4.69, 9.17) is 4.42 Å². The van der Waals surface area contributed by atoms with Crippen molar-refractivity contribution in [3.63, 3.8) is 0 Å². The monoisotopic (exact) mass is 843 g/mol. The van der Waals surface area contributed by atoms with Crippen LogP contribution in [0.15, 0.2) is 229 Å². The van der Waals surface area contributed by atoms with Gasteiger partial charge >= 0.3 is 0 Å². The Hall–Kier alpha value is -8.20. The molecule has 0 fully saturated rings. The van der Waals surface area contributed by atoms with Crippen molar-refractivity contribution in [1.29, 1.82) is 0 Å². The molecule has 2 aliphatic rings. The fourth-order valence-corrected chi connectivity index (χ4v) is 10.9. The van der Waals surface area contributed by atoms with Gasteiger partial charge in [-0.3, -0.25) is 0 Å². The molecule has 0 atom stereocenters. The summed E-state index contributed by atoms with van der Waals surface area (Å²) < 4.78 is 6.16. The Kier molecular flexibility index (Phi) is 8.66. The first kappa shape index (κ1) is 38.3. The first-order chi connectivity index (χ1) is 32.4. The van der Waals surface area contributed by atoms with Gasteiger partial charge in [0, 0.05) is 33.2 Å².